The predicted octanol–water partition coefficient (Wildman–Crippen LogP) is 6.01. The van der Waals surface area contributed by atoms with Gasteiger partial charge in [-0.25, -0.2) is 0 Å². The van der Waals surface area contributed by atoms with Gasteiger partial charge in [0.05, 0.1) is 12.9 Å². The highest BCUT2D eigenvalue weighted by Gasteiger charge is 2.30. The van der Waals surface area contributed by atoms with Crippen molar-refractivity contribution in [3.8, 4) is 5.75 Å². The van der Waals surface area contributed by atoms with Gasteiger partial charge in [0.25, 0.3) is 5.91 Å². The van der Waals surface area contributed by atoms with Crippen molar-refractivity contribution in [1.82, 2.24) is 10.2 Å². The molecule has 1 N–H and O–H groups in total. The second-order valence-electron chi connectivity index (χ2n) is 8.96. The van der Waals surface area contributed by atoms with Crippen molar-refractivity contribution in [2.24, 2.45) is 5.92 Å². The van der Waals surface area contributed by atoms with Gasteiger partial charge < -0.3 is 15.0 Å². The van der Waals surface area contributed by atoms with Crippen LogP contribution in [-0.4, -0.2) is 36.8 Å². The molecular weight excluding hydrogens is 415 g/mol. The second kappa shape index (κ2) is 11.1. The standard InChI is InChI=1S/C22H25N2O2P.C5H12/c1-14-11-22-24(13-18(14)16-6-8-23-9-7-16)21(25)12-20(27-22)17-4-5-19(26-3)15(2)10-17;1-4-5(2)3/h4-6,10-13,22-23,27H,7-9H2,1-3H3;5H,4H2,1-3H3. The fourth-order valence-electron chi connectivity index (χ4n) is 3.85. The Balaban J connectivity index is 0.000000523. The Labute approximate surface area is 195 Å². The summed E-state index contributed by atoms with van der Waals surface area (Å²) < 4.78 is 5.36. The highest BCUT2D eigenvalue weighted by Crippen LogP contribution is 2.46. The molecule has 5 heteroatoms. The number of nitrogens with one attached hydrogen (secondary N) is 1. The molecule has 1 aromatic carbocycles. The van der Waals surface area contributed by atoms with Gasteiger partial charge in [0, 0.05) is 18.8 Å². The van der Waals surface area contributed by atoms with Crippen LogP contribution in [0.25, 0.3) is 5.31 Å². The summed E-state index contributed by atoms with van der Waals surface area (Å²) in [4.78, 5) is 14.8. The molecule has 4 rings (SSSR count). The van der Waals surface area contributed by atoms with Crippen LogP contribution in [0.15, 0.2) is 59.3 Å². The SMILES string of the molecule is CCC(C)C.COc1ccc(C2=CC(=O)N3C=C(C4=CCNCC4)C(C)=CC3P2)cc1C. The lowest BCUT2D eigenvalue weighted by Crippen LogP contribution is -2.36. The minimum atomic E-state index is 0.0676. The van der Waals surface area contributed by atoms with Crippen molar-refractivity contribution in [3.63, 3.8) is 0 Å². The molecule has 2 atom stereocenters. The second-order valence-corrected chi connectivity index (χ2v) is 10.4. The van der Waals surface area contributed by atoms with Gasteiger partial charge in [-0.3, -0.25) is 4.79 Å². The first-order valence-corrected chi connectivity index (χ1v) is 12.7. The minimum Gasteiger partial charge on any atom is -0.496 e. The van der Waals surface area contributed by atoms with Crippen LogP contribution in [0.5, 0.6) is 5.75 Å². The van der Waals surface area contributed by atoms with Gasteiger partial charge in [-0.05, 0) is 78.0 Å². The number of amides is 1. The molecular formula is C27H37N2O2P. The van der Waals surface area contributed by atoms with Gasteiger partial charge in [-0.1, -0.05) is 54.0 Å². The van der Waals surface area contributed by atoms with Crippen molar-refractivity contribution in [1.29, 1.82) is 0 Å². The van der Waals surface area contributed by atoms with E-state index in [4.69, 9.17) is 4.74 Å². The first kappa shape index (κ1) is 24.5. The molecule has 0 saturated heterocycles. The quantitative estimate of drug-likeness (QED) is 0.569. The predicted molar refractivity (Wildman–Crippen MR) is 137 cm³/mol. The van der Waals surface area contributed by atoms with E-state index in [2.05, 4.69) is 57.4 Å². The summed E-state index contributed by atoms with van der Waals surface area (Å²) in [5.41, 5.74) is 6.03. The van der Waals surface area contributed by atoms with E-state index in [9.17, 15) is 4.79 Å². The number of allylic oxidation sites excluding steroid dienone is 2. The maximum atomic E-state index is 12.9. The topological polar surface area (TPSA) is 41.6 Å². The zero-order valence-electron chi connectivity index (χ0n) is 20.3. The van der Waals surface area contributed by atoms with Crippen LogP contribution < -0.4 is 10.1 Å². The number of fused-ring (bicyclic) bond motifs is 1. The minimum absolute atomic E-state index is 0.0676. The van der Waals surface area contributed by atoms with Crippen LogP contribution in [0, 0.1) is 12.8 Å². The number of hydrogen-bond donors (Lipinski definition) is 1. The summed E-state index contributed by atoms with van der Waals surface area (Å²) in [7, 11) is 2.22. The Morgan fingerprint density at radius 3 is 2.62 bits per heavy atom. The Bertz CT molecular complexity index is 972. The molecule has 4 nitrogen and oxygen atoms in total. The summed E-state index contributed by atoms with van der Waals surface area (Å²) in [5, 5.41) is 4.47. The van der Waals surface area contributed by atoms with Gasteiger partial charge in [-0.15, -0.1) is 0 Å². The van der Waals surface area contributed by atoms with Gasteiger partial charge in [0.15, 0.2) is 0 Å². The number of rotatable bonds is 4. The molecule has 3 heterocycles. The Morgan fingerprint density at radius 2 is 2.03 bits per heavy atom. The summed E-state index contributed by atoms with van der Waals surface area (Å²) in [5.74, 6) is 1.95. The van der Waals surface area contributed by atoms with Crippen LogP contribution in [-0.2, 0) is 4.79 Å². The van der Waals surface area contributed by atoms with Crippen LogP contribution in [0.4, 0.5) is 0 Å². The third kappa shape index (κ3) is 5.79. The van der Waals surface area contributed by atoms with Crippen molar-refractivity contribution < 1.29 is 9.53 Å². The van der Waals surface area contributed by atoms with Gasteiger partial charge in [-0.2, -0.15) is 0 Å². The molecule has 0 aliphatic carbocycles. The van der Waals surface area contributed by atoms with E-state index in [0.29, 0.717) is 8.58 Å². The molecule has 1 aromatic rings. The third-order valence-corrected chi connectivity index (χ3v) is 7.64. The molecule has 1 amide bonds. The number of carbonyl (C=O) groups is 1. The first-order valence-electron chi connectivity index (χ1n) is 11.6. The maximum Gasteiger partial charge on any atom is 0.252 e. The lowest BCUT2D eigenvalue weighted by atomic mass is 9.93. The molecule has 0 spiro atoms. The molecule has 3 aliphatic heterocycles. The number of nitrogens with zero attached hydrogens (tertiary/aromatic N) is 1. The molecule has 2 unspecified atom stereocenters. The Hall–Kier alpha value is -2.16. The summed E-state index contributed by atoms with van der Waals surface area (Å²) in [6.07, 6.45) is 10.7. The average molecular weight is 453 g/mol. The highest BCUT2D eigenvalue weighted by molar-refractivity contribution is 7.51. The van der Waals surface area contributed by atoms with Gasteiger partial charge in [0.2, 0.25) is 0 Å². The molecule has 32 heavy (non-hydrogen) atoms. The molecule has 0 fully saturated rings. The van der Waals surface area contributed by atoms with Crippen LogP contribution in [0.2, 0.25) is 0 Å². The van der Waals surface area contributed by atoms with Crippen molar-refractivity contribution >= 4 is 19.8 Å². The molecule has 0 saturated carbocycles. The monoisotopic (exact) mass is 452 g/mol. The van der Waals surface area contributed by atoms with E-state index < -0.39 is 0 Å². The van der Waals surface area contributed by atoms with Gasteiger partial charge >= 0.3 is 0 Å². The van der Waals surface area contributed by atoms with E-state index in [1.807, 2.05) is 24.0 Å². The van der Waals surface area contributed by atoms with Crippen molar-refractivity contribution in [2.75, 3.05) is 20.2 Å². The van der Waals surface area contributed by atoms with E-state index in [0.717, 1.165) is 47.6 Å². The number of ether oxygens (including phenoxy) is 1. The number of methoxy groups -OCH3 is 1. The Morgan fingerprint density at radius 1 is 1.28 bits per heavy atom. The number of aryl methyl sites for hydroxylation is 1. The van der Waals surface area contributed by atoms with E-state index in [1.165, 1.54) is 23.1 Å². The van der Waals surface area contributed by atoms with Crippen LogP contribution in [0.3, 0.4) is 0 Å². The Kier molecular flexibility index (Phi) is 8.51. The van der Waals surface area contributed by atoms with E-state index in [1.54, 1.807) is 13.2 Å². The maximum absolute atomic E-state index is 12.9. The lowest BCUT2D eigenvalue weighted by Gasteiger charge is -2.36. The summed E-state index contributed by atoms with van der Waals surface area (Å²) >= 11 is 0. The number of benzene rings is 1. The highest BCUT2D eigenvalue weighted by atomic mass is 31.1. The van der Waals surface area contributed by atoms with E-state index in [-0.39, 0.29) is 11.7 Å². The lowest BCUT2D eigenvalue weighted by molar-refractivity contribution is -0.123. The average Bonchev–Trinajstić information content (AvgIpc) is 2.79. The van der Waals surface area contributed by atoms with E-state index >= 15 is 0 Å². The normalized spacial score (nSPS) is 21.2. The first-order chi connectivity index (χ1) is 15.3. The molecule has 0 bridgehead atoms. The van der Waals surface area contributed by atoms with Crippen LogP contribution in [0.1, 0.15) is 51.7 Å². The fourth-order valence-corrected chi connectivity index (χ4v) is 5.38. The smallest absolute Gasteiger partial charge is 0.252 e. The fraction of sp³-hybridized carbons (Fsp3) is 0.444. The molecule has 3 aliphatic rings. The summed E-state index contributed by atoms with van der Waals surface area (Å²) in [6.45, 7) is 12.7. The largest absolute Gasteiger partial charge is 0.496 e. The number of hydrogen-bond acceptors (Lipinski definition) is 3. The van der Waals surface area contributed by atoms with Crippen LogP contribution >= 0.6 is 8.58 Å². The molecule has 0 radical (unpaired) electrons. The molecule has 0 aromatic heterocycles. The van der Waals surface area contributed by atoms with Crippen molar-refractivity contribution in [2.45, 2.75) is 53.2 Å². The number of carbonyl (C=O) groups excluding carboxylic acids is 1. The third-order valence-electron chi connectivity index (χ3n) is 6.16. The zero-order chi connectivity index (χ0) is 23.3. The van der Waals surface area contributed by atoms with Crippen molar-refractivity contribution in [3.05, 3.63) is 70.5 Å². The molecule has 172 valence electrons. The summed E-state index contributed by atoms with van der Waals surface area (Å²) in [6, 6.07) is 6.14. The van der Waals surface area contributed by atoms with Gasteiger partial charge in [0.1, 0.15) is 5.75 Å². The zero-order valence-corrected chi connectivity index (χ0v) is 21.3.